The molecule has 0 heterocycles. The molecule has 0 saturated heterocycles. The van der Waals surface area contributed by atoms with E-state index in [1.165, 1.54) is 9.80 Å². The summed E-state index contributed by atoms with van der Waals surface area (Å²) in [5.41, 5.74) is 7.49. The number of para-hydroxylation sites is 1. The number of nitrogen functional groups attached to an aromatic ring is 1. The summed E-state index contributed by atoms with van der Waals surface area (Å²) in [7, 11) is 3.09. The second-order valence-electron chi connectivity index (χ2n) is 5.85. The van der Waals surface area contributed by atoms with Crippen molar-refractivity contribution in [3.05, 3.63) is 54.6 Å². The van der Waals surface area contributed by atoms with Crippen molar-refractivity contribution in [1.82, 2.24) is 4.90 Å². The minimum absolute atomic E-state index is 0.300. The summed E-state index contributed by atoms with van der Waals surface area (Å²) in [6.45, 7) is 1.26. The van der Waals surface area contributed by atoms with Crippen molar-refractivity contribution in [2.24, 2.45) is 0 Å². The van der Waals surface area contributed by atoms with Crippen molar-refractivity contribution in [3.8, 4) is 0 Å². The summed E-state index contributed by atoms with van der Waals surface area (Å²) >= 11 is 0. The van der Waals surface area contributed by atoms with Gasteiger partial charge in [0.25, 0.3) is 0 Å². The van der Waals surface area contributed by atoms with Crippen LogP contribution in [0.1, 0.15) is 0 Å². The molecular formula is C20H25N3O4. The maximum absolute atomic E-state index is 13.1. The topological polar surface area (TPSA) is 85.1 Å². The SMILES string of the molecule is COCCN(CCOC)C(=O)C(=O)N(c1ccccc1)c1ccc(N)cc1. The van der Waals surface area contributed by atoms with Gasteiger partial charge in [0.15, 0.2) is 0 Å². The first kappa shape index (κ1) is 20.4. The van der Waals surface area contributed by atoms with Crippen LogP contribution in [-0.4, -0.2) is 57.2 Å². The molecule has 2 N–H and O–H groups in total. The Morgan fingerprint density at radius 1 is 0.815 bits per heavy atom. The summed E-state index contributed by atoms with van der Waals surface area (Å²) in [5.74, 6) is -1.28. The number of hydrogen-bond donors (Lipinski definition) is 1. The lowest BCUT2D eigenvalue weighted by Gasteiger charge is -2.27. The van der Waals surface area contributed by atoms with Gasteiger partial charge in [0, 0.05) is 44.4 Å². The molecule has 0 radical (unpaired) electrons. The quantitative estimate of drug-likeness (QED) is 0.567. The van der Waals surface area contributed by atoms with E-state index < -0.39 is 11.8 Å². The third-order valence-electron chi connectivity index (χ3n) is 3.97. The Labute approximate surface area is 159 Å². The van der Waals surface area contributed by atoms with Crippen molar-refractivity contribution in [1.29, 1.82) is 0 Å². The van der Waals surface area contributed by atoms with Crippen LogP contribution in [0.15, 0.2) is 54.6 Å². The standard InChI is InChI=1S/C20H25N3O4/c1-26-14-12-22(13-15-27-2)19(24)20(25)23(17-6-4-3-5-7-17)18-10-8-16(21)9-11-18/h3-11H,12-15,21H2,1-2H3. The van der Waals surface area contributed by atoms with E-state index in [2.05, 4.69) is 0 Å². The number of nitrogens with zero attached hydrogens (tertiary/aromatic N) is 2. The van der Waals surface area contributed by atoms with Gasteiger partial charge in [0.1, 0.15) is 0 Å². The normalized spacial score (nSPS) is 10.4. The van der Waals surface area contributed by atoms with Crippen LogP contribution in [0.2, 0.25) is 0 Å². The number of carbonyl (C=O) groups excluding carboxylic acids is 2. The van der Waals surface area contributed by atoms with Gasteiger partial charge in [0.05, 0.1) is 13.2 Å². The summed E-state index contributed by atoms with van der Waals surface area (Å²) in [6, 6.07) is 15.8. The third-order valence-corrected chi connectivity index (χ3v) is 3.97. The van der Waals surface area contributed by atoms with Crippen LogP contribution in [0.4, 0.5) is 17.1 Å². The minimum atomic E-state index is -0.654. The monoisotopic (exact) mass is 371 g/mol. The van der Waals surface area contributed by atoms with Gasteiger partial charge in [0.2, 0.25) is 0 Å². The van der Waals surface area contributed by atoms with E-state index in [4.69, 9.17) is 15.2 Å². The molecule has 0 fully saturated rings. The van der Waals surface area contributed by atoms with Gasteiger partial charge >= 0.3 is 11.8 Å². The van der Waals surface area contributed by atoms with E-state index in [1.54, 1.807) is 50.6 Å². The highest BCUT2D eigenvalue weighted by Gasteiger charge is 2.29. The molecule has 2 amide bonds. The lowest BCUT2D eigenvalue weighted by Crippen LogP contribution is -2.46. The van der Waals surface area contributed by atoms with Gasteiger partial charge in [-0.1, -0.05) is 18.2 Å². The van der Waals surface area contributed by atoms with Gasteiger partial charge in [-0.05, 0) is 36.4 Å². The van der Waals surface area contributed by atoms with Gasteiger partial charge in [-0.15, -0.1) is 0 Å². The minimum Gasteiger partial charge on any atom is -0.399 e. The molecule has 0 aliphatic rings. The molecule has 0 aromatic heterocycles. The van der Waals surface area contributed by atoms with Gasteiger partial charge in [-0.3, -0.25) is 14.5 Å². The average molecular weight is 371 g/mol. The van der Waals surface area contributed by atoms with Crippen molar-refractivity contribution in [2.45, 2.75) is 0 Å². The molecule has 2 aromatic carbocycles. The molecule has 0 aliphatic heterocycles. The van der Waals surface area contributed by atoms with E-state index in [0.29, 0.717) is 43.4 Å². The molecule has 0 aliphatic carbocycles. The Kier molecular flexibility index (Phi) is 7.79. The number of carbonyl (C=O) groups is 2. The number of anilines is 3. The second kappa shape index (κ2) is 10.3. The number of nitrogens with two attached hydrogens (primary N) is 1. The fourth-order valence-electron chi connectivity index (χ4n) is 2.53. The first-order valence-electron chi connectivity index (χ1n) is 8.60. The highest BCUT2D eigenvalue weighted by molar-refractivity contribution is 6.42. The zero-order valence-electron chi connectivity index (χ0n) is 15.6. The molecule has 144 valence electrons. The molecule has 0 bridgehead atoms. The largest absolute Gasteiger partial charge is 0.399 e. The van der Waals surface area contributed by atoms with Crippen LogP contribution in [0, 0.1) is 0 Å². The lowest BCUT2D eigenvalue weighted by molar-refractivity contribution is -0.144. The maximum atomic E-state index is 13.1. The number of methoxy groups -OCH3 is 2. The molecular weight excluding hydrogens is 346 g/mol. The summed E-state index contributed by atoms with van der Waals surface area (Å²) in [6.07, 6.45) is 0. The van der Waals surface area contributed by atoms with Crippen LogP contribution in [0.3, 0.4) is 0 Å². The van der Waals surface area contributed by atoms with Crippen LogP contribution in [-0.2, 0) is 19.1 Å². The number of hydrogen-bond acceptors (Lipinski definition) is 5. The molecule has 0 spiro atoms. The smallest absolute Gasteiger partial charge is 0.321 e. The summed E-state index contributed by atoms with van der Waals surface area (Å²) < 4.78 is 10.1. The predicted molar refractivity (Wildman–Crippen MR) is 105 cm³/mol. The first-order valence-corrected chi connectivity index (χ1v) is 8.60. The van der Waals surface area contributed by atoms with Crippen molar-refractivity contribution in [2.75, 3.05) is 51.2 Å². The first-order chi connectivity index (χ1) is 13.1. The Morgan fingerprint density at radius 2 is 1.33 bits per heavy atom. The van der Waals surface area contributed by atoms with Crippen molar-refractivity contribution >= 4 is 28.9 Å². The zero-order chi connectivity index (χ0) is 19.6. The van der Waals surface area contributed by atoms with Crippen LogP contribution in [0.5, 0.6) is 0 Å². The van der Waals surface area contributed by atoms with E-state index in [9.17, 15) is 9.59 Å². The van der Waals surface area contributed by atoms with Gasteiger partial charge < -0.3 is 20.1 Å². The number of benzene rings is 2. The fourth-order valence-corrected chi connectivity index (χ4v) is 2.53. The van der Waals surface area contributed by atoms with E-state index in [1.807, 2.05) is 18.2 Å². The van der Waals surface area contributed by atoms with Crippen LogP contribution in [0.25, 0.3) is 0 Å². The maximum Gasteiger partial charge on any atom is 0.321 e. The lowest BCUT2D eigenvalue weighted by atomic mass is 10.2. The zero-order valence-corrected chi connectivity index (χ0v) is 15.6. The molecule has 0 saturated carbocycles. The Bertz CT molecular complexity index is 727. The Hall–Kier alpha value is -2.90. The van der Waals surface area contributed by atoms with Crippen LogP contribution >= 0.6 is 0 Å². The molecule has 7 heteroatoms. The second-order valence-corrected chi connectivity index (χ2v) is 5.85. The molecule has 7 nitrogen and oxygen atoms in total. The fraction of sp³-hybridized carbons (Fsp3) is 0.300. The van der Waals surface area contributed by atoms with E-state index in [-0.39, 0.29) is 0 Å². The molecule has 27 heavy (non-hydrogen) atoms. The summed E-state index contributed by atoms with van der Waals surface area (Å²) in [4.78, 5) is 28.8. The van der Waals surface area contributed by atoms with E-state index >= 15 is 0 Å². The van der Waals surface area contributed by atoms with E-state index in [0.717, 1.165) is 0 Å². The third kappa shape index (κ3) is 5.54. The van der Waals surface area contributed by atoms with Gasteiger partial charge in [-0.2, -0.15) is 0 Å². The number of amides is 2. The highest BCUT2D eigenvalue weighted by atomic mass is 16.5. The highest BCUT2D eigenvalue weighted by Crippen LogP contribution is 2.26. The number of ether oxygens (including phenoxy) is 2. The Morgan fingerprint density at radius 3 is 1.85 bits per heavy atom. The van der Waals surface area contributed by atoms with Gasteiger partial charge in [-0.25, -0.2) is 0 Å². The summed E-state index contributed by atoms with van der Waals surface area (Å²) in [5, 5.41) is 0. The van der Waals surface area contributed by atoms with Crippen molar-refractivity contribution < 1.29 is 19.1 Å². The van der Waals surface area contributed by atoms with Crippen molar-refractivity contribution in [3.63, 3.8) is 0 Å². The number of rotatable bonds is 8. The molecule has 2 aromatic rings. The molecule has 0 atom stereocenters. The van der Waals surface area contributed by atoms with Crippen LogP contribution < -0.4 is 10.6 Å². The predicted octanol–water partition coefficient (Wildman–Crippen LogP) is 2.05. The Balaban J connectivity index is 2.34. The molecule has 2 rings (SSSR count). The average Bonchev–Trinajstić information content (AvgIpc) is 2.70. The molecule has 0 unspecified atom stereocenters.